The summed E-state index contributed by atoms with van der Waals surface area (Å²) < 4.78 is 0. The highest BCUT2D eigenvalue weighted by Crippen LogP contribution is 2.08. The molecule has 0 aliphatic rings. The van der Waals surface area contributed by atoms with Crippen LogP contribution in [0, 0.1) is 6.92 Å². The van der Waals surface area contributed by atoms with E-state index < -0.39 is 0 Å². The van der Waals surface area contributed by atoms with E-state index in [-0.39, 0.29) is 11.8 Å². The summed E-state index contributed by atoms with van der Waals surface area (Å²) in [7, 11) is 0. The maximum atomic E-state index is 12.4. The highest BCUT2D eigenvalue weighted by Gasteiger charge is 2.11. The van der Waals surface area contributed by atoms with Crippen molar-refractivity contribution in [3.63, 3.8) is 0 Å². The molecule has 2 amide bonds. The third-order valence-corrected chi connectivity index (χ3v) is 4.51. The number of carbonyl (C=O) groups excluding carboxylic acids is 2. The highest BCUT2D eigenvalue weighted by atomic mass is 16.2. The normalized spacial score (nSPS) is 10.3. The van der Waals surface area contributed by atoms with Crippen LogP contribution in [-0.4, -0.2) is 23.3 Å². The molecule has 28 heavy (non-hydrogen) atoms. The molecular weight excluding hydrogens is 350 g/mol. The second-order valence-corrected chi connectivity index (χ2v) is 6.56. The number of hydrogen-bond donors (Lipinski definition) is 2. The summed E-state index contributed by atoms with van der Waals surface area (Å²) in [5.41, 5.74) is 4.07. The Morgan fingerprint density at radius 3 is 2.21 bits per heavy atom. The first kappa shape index (κ1) is 19.3. The first-order chi connectivity index (χ1) is 13.6. The lowest BCUT2D eigenvalue weighted by Gasteiger charge is -2.09. The molecule has 3 rings (SSSR count). The largest absolute Gasteiger partial charge is 0.352 e. The highest BCUT2D eigenvalue weighted by molar-refractivity contribution is 5.99. The molecule has 0 spiro atoms. The van der Waals surface area contributed by atoms with Crippen molar-refractivity contribution in [3.8, 4) is 0 Å². The third-order valence-electron chi connectivity index (χ3n) is 4.51. The maximum absolute atomic E-state index is 12.4. The Hall–Kier alpha value is -3.47. The zero-order valence-electron chi connectivity index (χ0n) is 15.8. The van der Waals surface area contributed by atoms with E-state index >= 15 is 0 Å². The van der Waals surface area contributed by atoms with Crippen molar-refractivity contribution in [2.24, 2.45) is 0 Å². The Morgan fingerprint density at radius 1 is 0.857 bits per heavy atom. The average molecular weight is 373 g/mol. The Bertz CT molecular complexity index is 955. The quantitative estimate of drug-likeness (QED) is 0.668. The standard InChI is InChI=1S/C23H23N3O2/c1-17-7-5-6-10-19(17)16-26-23(28)21-13-20(14-24-15-21)22(27)25-12-11-18-8-3-2-4-9-18/h2-10,13-15H,11-12,16H2,1H3,(H,25,27)(H,26,28). The first-order valence-corrected chi connectivity index (χ1v) is 9.23. The van der Waals surface area contributed by atoms with Crippen molar-refractivity contribution in [1.29, 1.82) is 0 Å². The molecule has 0 bridgehead atoms. The van der Waals surface area contributed by atoms with Crippen molar-refractivity contribution < 1.29 is 9.59 Å². The Balaban J connectivity index is 1.55. The molecule has 2 N–H and O–H groups in total. The van der Waals surface area contributed by atoms with Gasteiger partial charge < -0.3 is 10.6 Å². The topological polar surface area (TPSA) is 71.1 Å². The molecule has 0 saturated carbocycles. The van der Waals surface area contributed by atoms with Gasteiger partial charge in [0.2, 0.25) is 0 Å². The van der Waals surface area contributed by atoms with Crippen LogP contribution in [0.25, 0.3) is 0 Å². The van der Waals surface area contributed by atoms with Crippen LogP contribution in [0.15, 0.2) is 73.1 Å². The minimum Gasteiger partial charge on any atom is -0.352 e. The van der Waals surface area contributed by atoms with Gasteiger partial charge in [-0.25, -0.2) is 0 Å². The zero-order chi connectivity index (χ0) is 19.8. The van der Waals surface area contributed by atoms with Crippen molar-refractivity contribution in [1.82, 2.24) is 15.6 Å². The van der Waals surface area contributed by atoms with Gasteiger partial charge in [-0.2, -0.15) is 0 Å². The molecule has 3 aromatic rings. The van der Waals surface area contributed by atoms with Crippen molar-refractivity contribution in [2.75, 3.05) is 6.54 Å². The number of amides is 2. The summed E-state index contributed by atoms with van der Waals surface area (Å²) in [5.74, 6) is -0.494. The summed E-state index contributed by atoms with van der Waals surface area (Å²) in [4.78, 5) is 28.8. The zero-order valence-corrected chi connectivity index (χ0v) is 15.8. The Labute approximate surface area is 164 Å². The number of aromatic nitrogens is 1. The number of benzene rings is 2. The maximum Gasteiger partial charge on any atom is 0.253 e. The lowest BCUT2D eigenvalue weighted by molar-refractivity contribution is 0.0950. The van der Waals surface area contributed by atoms with E-state index in [1.54, 1.807) is 6.07 Å². The van der Waals surface area contributed by atoms with Gasteiger partial charge in [-0.3, -0.25) is 14.6 Å². The number of nitrogens with zero attached hydrogens (tertiary/aromatic N) is 1. The van der Waals surface area contributed by atoms with E-state index in [0.717, 1.165) is 23.1 Å². The van der Waals surface area contributed by atoms with Crippen LogP contribution in [-0.2, 0) is 13.0 Å². The predicted molar refractivity (Wildman–Crippen MR) is 109 cm³/mol. The minimum atomic E-state index is -0.255. The summed E-state index contributed by atoms with van der Waals surface area (Å²) in [6, 6.07) is 19.4. The lowest BCUT2D eigenvalue weighted by Crippen LogP contribution is -2.27. The molecule has 0 saturated heterocycles. The van der Waals surface area contributed by atoms with E-state index in [1.165, 1.54) is 12.4 Å². The lowest BCUT2D eigenvalue weighted by atomic mass is 10.1. The van der Waals surface area contributed by atoms with Gasteiger partial charge in [0.15, 0.2) is 0 Å². The summed E-state index contributed by atoms with van der Waals surface area (Å²) in [5, 5.41) is 5.74. The second-order valence-electron chi connectivity index (χ2n) is 6.56. The number of aryl methyl sites for hydroxylation is 1. The van der Waals surface area contributed by atoms with E-state index in [0.29, 0.717) is 24.2 Å². The molecule has 0 aliphatic heterocycles. The first-order valence-electron chi connectivity index (χ1n) is 9.23. The number of nitrogens with one attached hydrogen (secondary N) is 2. The van der Waals surface area contributed by atoms with Gasteiger partial charge in [0.25, 0.3) is 11.8 Å². The van der Waals surface area contributed by atoms with Gasteiger partial charge in [-0.1, -0.05) is 54.6 Å². The van der Waals surface area contributed by atoms with Crippen molar-refractivity contribution >= 4 is 11.8 Å². The molecule has 0 radical (unpaired) electrons. The van der Waals surface area contributed by atoms with E-state index in [1.807, 2.05) is 61.5 Å². The van der Waals surface area contributed by atoms with E-state index in [9.17, 15) is 9.59 Å². The molecule has 1 heterocycles. The summed E-state index contributed by atoms with van der Waals surface area (Å²) >= 11 is 0. The number of carbonyl (C=O) groups is 2. The average Bonchev–Trinajstić information content (AvgIpc) is 2.74. The van der Waals surface area contributed by atoms with Gasteiger partial charge >= 0.3 is 0 Å². The van der Waals surface area contributed by atoms with Gasteiger partial charge in [-0.05, 0) is 36.1 Å². The van der Waals surface area contributed by atoms with Gasteiger partial charge in [0, 0.05) is 25.5 Å². The summed E-state index contributed by atoms with van der Waals surface area (Å²) in [6.07, 6.45) is 3.68. The summed E-state index contributed by atoms with van der Waals surface area (Å²) in [6.45, 7) is 2.95. The van der Waals surface area contributed by atoms with Crippen molar-refractivity contribution in [3.05, 3.63) is 101 Å². The minimum absolute atomic E-state index is 0.239. The van der Waals surface area contributed by atoms with Crippen LogP contribution >= 0.6 is 0 Å². The van der Waals surface area contributed by atoms with Crippen LogP contribution in [0.1, 0.15) is 37.4 Å². The monoisotopic (exact) mass is 373 g/mol. The third kappa shape index (κ3) is 5.27. The van der Waals surface area contributed by atoms with Crippen LogP contribution in [0.4, 0.5) is 0 Å². The number of pyridine rings is 1. The number of rotatable bonds is 7. The molecule has 5 nitrogen and oxygen atoms in total. The van der Waals surface area contributed by atoms with Gasteiger partial charge in [0.05, 0.1) is 11.1 Å². The molecule has 142 valence electrons. The predicted octanol–water partition coefficient (Wildman–Crippen LogP) is 3.29. The molecule has 2 aromatic carbocycles. The van der Waals surface area contributed by atoms with Gasteiger partial charge in [0.1, 0.15) is 0 Å². The van der Waals surface area contributed by atoms with Crippen LogP contribution in [0.3, 0.4) is 0 Å². The SMILES string of the molecule is Cc1ccccc1CNC(=O)c1cncc(C(=O)NCCc2ccccc2)c1. The molecule has 0 aliphatic carbocycles. The van der Waals surface area contributed by atoms with Crippen LogP contribution in [0.2, 0.25) is 0 Å². The number of hydrogen-bond acceptors (Lipinski definition) is 3. The molecule has 0 atom stereocenters. The molecule has 0 fully saturated rings. The fourth-order valence-electron chi connectivity index (χ4n) is 2.84. The van der Waals surface area contributed by atoms with Crippen molar-refractivity contribution in [2.45, 2.75) is 19.9 Å². The van der Waals surface area contributed by atoms with E-state index in [2.05, 4.69) is 15.6 Å². The second kappa shape index (κ2) is 9.46. The molecule has 1 aromatic heterocycles. The Morgan fingerprint density at radius 2 is 1.50 bits per heavy atom. The van der Waals surface area contributed by atoms with Crippen LogP contribution in [0.5, 0.6) is 0 Å². The fourth-order valence-corrected chi connectivity index (χ4v) is 2.84. The fraction of sp³-hybridized carbons (Fsp3) is 0.174. The van der Waals surface area contributed by atoms with Gasteiger partial charge in [-0.15, -0.1) is 0 Å². The van der Waals surface area contributed by atoms with Crippen LogP contribution < -0.4 is 10.6 Å². The Kier molecular flexibility index (Phi) is 6.52. The molecule has 0 unspecified atom stereocenters. The molecular formula is C23H23N3O2. The smallest absolute Gasteiger partial charge is 0.253 e. The van der Waals surface area contributed by atoms with E-state index in [4.69, 9.17) is 0 Å². The molecule has 5 heteroatoms.